The Morgan fingerprint density at radius 3 is 2.24 bits per heavy atom. The van der Waals surface area contributed by atoms with Gasteiger partial charge in [0.05, 0.1) is 19.8 Å². The lowest BCUT2D eigenvalue weighted by molar-refractivity contribution is 0.261. The third-order valence-corrected chi connectivity index (χ3v) is 2.87. The van der Waals surface area contributed by atoms with Crippen LogP contribution in [0.25, 0.3) is 10.8 Å². The smallest absolute Gasteiger partial charge is 0.124 e. The van der Waals surface area contributed by atoms with Crippen LogP contribution in [0.15, 0.2) is 24.3 Å². The van der Waals surface area contributed by atoms with E-state index in [9.17, 15) is 10.2 Å². The van der Waals surface area contributed by atoms with Crippen molar-refractivity contribution >= 4 is 10.8 Å². The summed E-state index contributed by atoms with van der Waals surface area (Å²) in [5.74, 6) is 0.00546. The first-order chi connectivity index (χ1) is 8.21. The van der Waals surface area contributed by atoms with Crippen molar-refractivity contribution in [1.29, 1.82) is 0 Å². The Bertz CT molecular complexity index is 549. The predicted molar refractivity (Wildman–Crippen MR) is 63.4 cm³/mol. The van der Waals surface area contributed by atoms with Gasteiger partial charge in [-0.2, -0.15) is 0 Å². The van der Waals surface area contributed by atoms with Gasteiger partial charge in [0.15, 0.2) is 0 Å². The fourth-order valence-corrected chi connectivity index (χ4v) is 2.04. The molecule has 0 aliphatic carbocycles. The molecule has 0 saturated carbocycles. The van der Waals surface area contributed by atoms with Crippen LogP contribution >= 0.6 is 0 Å². The first kappa shape index (κ1) is 11.9. The molecule has 0 spiro atoms. The van der Waals surface area contributed by atoms with Crippen LogP contribution in [0, 0.1) is 0 Å². The summed E-state index contributed by atoms with van der Waals surface area (Å²) < 4.78 is 0. The van der Waals surface area contributed by atoms with Crippen molar-refractivity contribution in [3.05, 3.63) is 41.0 Å². The molecule has 0 amide bonds. The molecule has 17 heavy (non-hydrogen) atoms. The van der Waals surface area contributed by atoms with E-state index in [-0.39, 0.29) is 25.6 Å². The molecule has 2 aromatic rings. The van der Waals surface area contributed by atoms with Crippen molar-refractivity contribution in [2.45, 2.75) is 19.8 Å². The van der Waals surface area contributed by atoms with Crippen LogP contribution in [-0.2, 0) is 19.8 Å². The first-order valence-electron chi connectivity index (χ1n) is 5.30. The fraction of sp³-hybridized carbons (Fsp3) is 0.231. The van der Waals surface area contributed by atoms with E-state index < -0.39 is 0 Å². The van der Waals surface area contributed by atoms with E-state index in [1.54, 1.807) is 18.2 Å². The van der Waals surface area contributed by atoms with Crippen LogP contribution in [0.4, 0.5) is 0 Å². The highest BCUT2D eigenvalue weighted by Gasteiger charge is 2.11. The molecular formula is C13H14O4. The molecule has 0 aromatic heterocycles. The molecule has 0 bridgehead atoms. The number of phenols is 1. The lowest BCUT2D eigenvalue weighted by atomic mass is 9.97. The standard InChI is InChI=1S/C13H14O4/c14-5-8-3-9-1-2-10(6-15)11(7-16)13(9)12(17)4-8/h1-4,14-17H,5-7H2. The zero-order chi connectivity index (χ0) is 12.4. The van der Waals surface area contributed by atoms with Crippen molar-refractivity contribution in [2.75, 3.05) is 0 Å². The van der Waals surface area contributed by atoms with Crippen LogP contribution in [-0.4, -0.2) is 20.4 Å². The second-order valence-electron chi connectivity index (χ2n) is 3.89. The van der Waals surface area contributed by atoms with E-state index in [1.165, 1.54) is 6.07 Å². The minimum atomic E-state index is -0.251. The highest BCUT2D eigenvalue weighted by atomic mass is 16.3. The van der Waals surface area contributed by atoms with Gasteiger partial charge in [0.2, 0.25) is 0 Å². The highest BCUT2D eigenvalue weighted by Crippen LogP contribution is 2.32. The monoisotopic (exact) mass is 234 g/mol. The highest BCUT2D eigenvalue weighted by molar-refractivity contribution is 5.92. The number of aliphatic hydroxyl groups excluding tert-OH is 3. The Balaban J connectivity index is 2.80. The van der Waals surface area contributed by atoms with Crippen LogP contribution in [0.1, 0.15) is 16.7 Å². The molecule has 0 heterocycles. The Labute approximate surface area is 98.4 Å². The quantitative estimate of drug-likeness (QED) is 0.639. The number of fused-ring (bicyclic) bond motifs is 1. The molecule has 2 aromatic carbocycles. The van der Waals surface area contributed by atoms with Crippen LogP contribution in [0.5, 0.6) is 5.75 Å². The van der Waals surface area contributed by atoms with Crippen LogP contribution < -0.4 is 0 Å². The van der Waals surface area contributed by atoms with E-state index in [4.69, 9.17) is 10.2 Å². The molecule has 0 atom stereocenters. The normalized spacial score (nSPS) is 11.0. The third kappa shape index (κ3) is 1.98. The molecule has 0 radical (unpaired) electrons. The van der Waals surface area contributed by atoms with E-state index in [0.717, 1.165) is 5.39 Å². The second-order valence-corrected chi connectivity index (χ2v) is 3.89. The van der Waals surface area contributed by atoms with E-state index in [2.05, 4.69) is 0 Å². The van der Waals surface area contributed by atoms with Gasteiger partial charge in [0.25, 0.3) is 0 Å². The maximum atomic E-state index is 9.91. The summed E-state index contributed by atoms with van der Waals surface area (Å²) in [6.45, 7) is -0.591. The second kappa shape index (κ2) is 4.71. The number of rotatable bonds is 3. The fourth-order valence-electron chi connectivity index (χ4n) is 2.04. The largest absolute Gasteiger partial charge is 0.507 e. The summed E-state index contributed by atoms with van der Waals surface area (Å²) in [5, 5.41) is 38.7. The number of phenolic OH excluding ortho intramolecular Hbond substituents is 1. The van der Waals surface area contributed by atoms with Gasteiger partial charge in [-0.1, -0.05) is 12.1 Å². The average molecular weight is 234 g/mol. The summed E-state index contributed by atoms with van der Waals surface area (Å²) in [4.78, 5) is 0. The maximum Gasteiger partial charge on any atom is 0.124 e. The molecule has 0 unspecified atom stereocenters. The zero-order valence-electron chi connectivity index (χ0n) is 9.22. The van der Waals surface area contributed by atoms with Crippen LogP contribution in [0.2, 0.25) is 0 Å². The number of benzene rings is 2. The number of hydrogen-bond donors (Lipinski definition) is 4. The van der Waals surface area contributed by atoms with Gasteiger partial charge in [-0.15, -0.1) is 0 Å². The molecule has 90 valence electrons. The molecule has 2 rings (SSSR count). The number of aliphatic hydroxyl groups is 3. The minimum Gasteiger partial charge on any atom is -0.507 e. The van der Waals surface area contributed by atoms with Gasteiger partial charge in [0, 0.05) is 5.39 Å². The van der Waals surface area contributed by atoms with E-state index >= 15 is 0 Å². The number of aromatic hydroxyl groups is 1. The van der Waals surface area contributed by atoms with Gasteiger partial charge in [-0.05, 0) is 34.2 Å². The summed E-state index contributed by atoms with van der Waals surface area (Å²) in [7, 11) is 0. The first-order valence-corrected chi connectivity index (χ1v) is 5.30. The van der Waals surface area contributed by atoms with Gasteiger partial charge < -0.3 is 20.4 Å². The van der Waals surface area contributed by atoms with Crippen LogP contribution in [0.3, 0.4) is 0 Å². The minimum absolute atomic E-state index is 0.00546. The lowest BCUT2D eigenvalue weighted by Gasteiger charge is -2.12. The van der Waals surface area contributed by atoms with E-state index in [1.807, 2.05) is 0 Å². The van der Waals surface area contributed by atoms with E-state index in [0.29, 0.717) is 22.1 Å². The van der Waals surface area contributed by atoms with Gasteiger partial charge in [-0.3, -0.25) is 0 Å². The molecule has 0 saturated heterocycles. The predicted octanol–water partition coefficient (Wildman–Crippen LogP) is 1.02. The lowest BCUT2D eigenvalue weighted by Crippen LogP contribution is -1.96. The molecule has 4 N–H and O–H groups in total. The van der Waals surface area contributed by atoms with Crippen molar-refractivity contribution in [1.82, 2.24) is 0 Å². The molecule has 4 heteroatoms. The van der Waals surface area contributed by atoms with Crippen molar-refractivity contribution in [2.24, 2.45) is 0 Å². The molecule has 4 nitrogen and oxygen atoms in total. The number of hydrogen-bond acceptors (Lipinski definition) is 4. The maximum absolute atomic E-state index is 9.91. The summed E-state index contributed by atoms with van der Waals surface area (Å²) in [6, 6.07) is 6.66. The van der Waals surface area contributed by atoms with Crippen molar-refractivity contribution < 1.29 is 20.4 Å². The Morgan fingerprint density at radius 1 is 0.882 bits per heavy atom. The molecular weight excluding hydrogens is 220 g/mol. The SMILES string of the molecule is OCc1cc(O)c2c(CO)c(CO)ccc2c1. The third-order valence-electron chi connectivity index (χ3n) is 2.87. The Hall–Kier alpha value is -1.62. The van der Waals surface area contributed by atoms with Crippen molar-refractivity contribution in [3.63, 3.8) is 0 Å². The zero-order valence-corrected chi connectivity index (χ0v) is 9.22. The molecule has 0 aliphatic heterocycles. The topological polar surface area (TPSA) is 80.9 Å². The summed E-state index contributed by atoms with van der Waals surface area (Å²) in [5.41, 5.74) is 1.72. The van der Waals surface area contributed by atoms with Crippen molar-refractivity contribution in [3.8, 4) is 5.75 Å². The molecule has 0 aliphatic rings. The Kier molecular flexibility index (Phi) is 3.28. The van der Waals surface area contributed by atoms with Gasteiger partial charge >= 0.3 is 0 Å². The Morgan fingerprint density at radius 2 is 1.65 bits per heavy atom. The summed E-state index contributed by atoms with van der Waals surface area (Å²) >= 11 is 0. The summed E-state index contributed by atoms with van der Waals surface area (Å²) in [6.07, 6.45) is 0. The molecule has 0 fully saturated rings. The van der Waals surface area contributed by atoms with Gasteiger partial charge in [0.1, 0.15) is 5.75 Å². The average Bonchev–Trinajstić information content (AvgIpc) is 2.36. The van der Waals surface area contributed by atoms with Gasteiger partial charge in [-0.25, -0.2) is 0 Å².